The van der Waals surface area contributed by atoms with Gasteiger partial charge in [0.25, 0.3) is 0 Å². The van der Waals surface area contributed by atoms with Crippen molar-refractivity contribution in [1.29, 1.82) is 0 Å². The maximum Gasteiger partial charge on any atom is 0.340 e. The average Bonchev–Trinajstić information content (AvgIpc) is 2.21. The van der Waals surface area contributed by atoms with Crippen molar-refractivity contribution < 1.29 is 0 Å². The summed E-state index contributed by atoms with van der Waals surface area (Å²) in [5.74, 6) is 0. The molecule has 0 unspecified atom stereocenters. The van der Waals surface area contributed by atoms with E-state index in [0.717, 1.165) is 0 Å². The van der Waals surface area contributed by atoms with Gasteiger partial charge < -0.3 is 0 Å². The second-order valence-corrected chi connectivity index (χ2v) is 18.8. The van der Waals surface area contributed by atoms with Crippen molar-refractivity contribution in [2.24, 2.45) is 0 Å². The molecule has 0 bridgehead atoms. The van der Waals surface area contributed by atoms with Gasteiger partial charge in [-0.05, 0) is 0 Å². The van der Waals surface area contributed by atoms with Crippen LogP contribution in [-0.2, 0) is 0 Å². The molecular weight excluding hydrogens is 207 g/mol. The molecule has 0 fully saturated rings. The lowest BCUT2D eigenvalue weighted by atomic mass is 10.9. The largest absolute Gasteiger partial charge is 0.340 e. The third-order valence-corrected chi connectivity index (χ3v) is 24.4. The Morgan fingerprint density at radius 2 is 1.23 bits per heavy atom. The summed E-state index contributed by atoms with van der Waals surface area (Å²) in [6.07, 6.45) is 0. The van der Waals surface area contributed by atoms with Crippen LogP contribution in [-0.4, -0.2) is 20.2 Å². The van der Waals surface area contributed by atoms with Gasteiger partial charge in [0, 0.05) is 0 Å². The van der Waals surface area contributed by atoms with E-state index in [1.807, 2.05) is 0 Å². The highest BCUT2D eigenvalue weighted by molar-refractivity contribution is 8.47. The van der Waals surface area contributed by atoms with E-state index < -0.39 is 20.2 Å². The first kappa shape index (κ1) is 14.1. The summed E-state index contributed by atoms with van der Waals surface area (Å²) in [5, 5.41) is 2.99. The van der Waals surface area contributed by atoms with E-state index in [4.69, 9.17) is 0 Å². The van der Waals surface area contributed by atoms with Gasteiger partial charge in [0.2, 0.25) is 0 Å². The van der Waals surface area contributed by atoms with Gasteiger partial charge in [-0.15, -0.1) is 0 Å². The lowest BCUT2D eigenvalue weighted by molar-refractivity contribution is 1.22. The Balaban J connectivity index is 4.21. The van der Waals surface area contributed by atoms with Crippen LogP contribution in [0.5, 0.6) is 0 Å². The lowest BCUT2D eigenvalue weighted by Gasteiger charge is -2.30. The highest BCUT2D eigenvalue weighted by Gasteiger charge is 2.31. The Hall–Kier alpha value is 1.10. The molecule has 0 radical (unpaired) electrons. The molecule has 0 nitrogen and oxygen atoms in total. The molecule has 0 rings (SSSR count). The van der Waals surface area contributed by atoms with Gasteiger partial charge in [0.15, 0.2) is 0 Å². The molecule has 0 saturated carbocycles. The van der Waals surface area contributed by atoms with Crippen LogP contribution in [0.25, 0.3) is 0 Å². The van der Waals surface area contributed by atoms with Gasteiger partial charge in [0.05, 0.1) is 7.22 Å². The number of rotatable bonds is 7. The summed E-state index contributed by atoms with van der Waals surface area (Å²) in [6, 6.07) is 4.48. The molecule has 0 amide bonds. The van der Waals surface area contributed by atoms with Crippen LogP contribution in [0.15, 0.2) is 0 Å². The van der Waals surface area contributed by atoms with E-state index in [1.54, 1.807) is 0 Å². The van der Waals surface area contributed by atoms with Crippen LogP contribution in [0.4, 0.5) is 0 Å². The van der Waals surface area contributed by atoms with Gasteiger partial charge in [-0.3, -0.25) is 9.58 Å². The van der Waals surface area contributed by atoms with Gasteiger partial charge >= 0.3 is 13.0 Å². The first-order valence-electron chi connectivity index (χ1n) is 5.85. The lowest BCUT2D eigenvalue weighted by Crippen LogP contribution is -2.31. The van der Waals surface area contributed by atoms with Crippen molar-refractivity contribution >= 4 is 29.8 Å². The SMILES string of the molecule is C[CH2][Al]([CH2]C)[S][Si](CC)(CC)CC. The van der Waals surface area contributed by atoms with Crippen molar-refractivity contribution in [3.63, 3.8) is 0 Å². The molecule has 0 aliphatic rings. The van der Waals surface area contributed by atoms with Crippen LogP contribution >= 0.6 is 9.58 Å². The quantitative estimate of drug-likeness (QED) is 0.570. The zero-order chi connectivity index (χ0) is 10.3. The molecule has 13 heavy (non-hydrogen) atoms. The molecular formula is C10H25AlSSi. The van der Waals surface area contributed by atoms with Crippen LogP contribution in [0.3, 0.4) is 0 Å². The third-order valence-electron chi connectivity index (χ3n) is 3.26. The molecule has 0 aliphatic carbocycles. The Bertz CT molecular complexity index is 114. The molecule has 0 aromatic heterocycles. The van der Waals surface area contributed by atoms with Crippen LogP contribution in [0.1, 0.15) is 34.6 Å². The predicted octanol–water partition coefficient (Wildman–Crippen LogP) is 4.76. The van der Waals surface area contributed by atoms with Crippen LogP contribution in [0, 0.1) is 0 Å². The van der Waals surface area contributed by atoms with E-state index in [2.05, 4.69) is 44.2 Å². The highest BCUT2D eigenvalue weighted by atomic mass is 32.5. The minimum atomic E-state index is -0.844. The summed E-state index contributed by atoms with van der Waals surface area (Å²) in [5.41, 5.74) is 0. The summed E-state index contributed by atoms with van der Waals surface area (Å²) >= 11 is -0.392. The molecule has 0 atom stereocenters. The van der Waals surface area contributed by atoms with Crippen molar-refractivity contribution in [1.82, 2.24) is 0 Å². The summed E-state index contributed by atoms with van der Waals surface area (Å²) in [4.78, 5) is 0. The Kier molecular flexibility index (Phi) is 8.02. The minimum Gasteiger partial charge on any atom is -0.274 e. The van der Waals surface area contributed by atoms with E-state index >= 15 is 0 Å². The van der Waals surface area contributed by atoms with Gasteiger partial charge in [0.1, 0.15) is 0 Å². The van der Waals surface area contributed by atoms with E-state index in [0.29, 0.717) is 0 Å². The second kappa shape index (κ2) is 7.40. The highest BCUT2D eigenvalue weighted by Crippen LogP contribution is 2.36. The van der Waals surface area contributed by atoms with Crippen LogP contribution in [0.2, 0.25) is 28.7 Å². The van der Waals surface area contributed by atoms with Gasteiger partial charge in [-0.2, -0.15) is 0 Å². The second-order valence-electron chi connectivity index (χ2n) is 3.80. The molecule has 0 saturated heterocycles. The summed E-state index contributed by atoms with van der Waals surface area (Å²) < 4.78 is 0. The fourth-order valence-corrected chi connectivity index (χ4v) is 23.9. The molecule has 0 spiro atoms. The normalized spacial score (nSPS) is 11.8. The van der Waals surface area contributed by atoms with Crippen LogP contribution < -0.4 is 0 Å². The zero-order valence-corrected chi connectivity index (χ0v) is 13.0. The minimum absolute atomic E-state index is 0.392. The molecule has 0 aromatic rings. The Morgan fingerprint density at radius 3 is 1.46 bits per heavy atom. The maximum absolute atomic E-state index is 2.52. The molecule has 0 aromatic carbocycles. The van der Waals surface area contributed by atoms with Crippen molar-refractivity contribution in [3.8, 4) is 0 Å². The standard InChI is InChI=1S/C6H15SSi.2C2H5.Al/c1-4-8(7,5-2)6-3;2*1-2;/h4-6H2,1-3H3;2*1H2,2H3;/q-1;;;+1. The Morgan fingerprint density at radius 1 is 0.846 bits per heavy atom. The Labute approximate surface area is 93.0 Å². The number of hydrogen-bond donors (Lipinski definition) is 0. The van der Waals surface area contributed by atoms with Crippen molar-refractivity contribution in [3.05, 3.63) is 0 Å². The van der Waals surface area contributed by atoms with E-state index in [-0.39, 0.29) is 0 Å². The predicted molar refractivity (Wildman–Crippen MR) is 71.5 cm³/mol. The topological polar surface area (TPSA) is 0 Å². The van der Waals surface area contributed by atoms with Gasteiger partial charge in [-0.25, -0.2) is 0 Å². The van der Waals surface area contributed by atoms with E-state index in [9.17, 15) is 0 Å². The molecule has 78 valence electrons. The summed E-state index contributed by atoms with van der Waals surface area (Å²) in [6.45, 7) is 12.1. The molecule has 0 aliphatic heterocycles. The van der Waals surface area contributed by atoms with Crippen molar-refractivity contribution in [2.75, 3.05) is 0 Å². The third kappa shape index (κ3) is 4.42. The fraction of sp³-hybridized carbons (Fsp3) is 1.00. The summed E-state index contributed by atoms with van der Waals surface area (Å²) in [7, 11) is 1.67. The molecule has 3 heteroatoms. The first-order valence-corrected chi connectivity index (χ1v) is 13.1. The van der Waals surface area contributed by atoms with E-state index in [1.165, 1.54) is 28.7 Å². The number of hydrogen-bond acceptors (Lipinski definition) is 1. The average molecular weight is 232 g/mol. The molecule has 0 N–H and O–H groups in total. The fourth-order valence-electron chi connectivity index (χ4n) is 1.81. The smallest absolute Gasteiger partial charge is 0.274 e. The monoisotopic (exact) mass is 232 g/mol. The molecule has 0 heterocycles. The van der Waals surface area contributed by atoms with Gasteiger partial charge in [-0.1, -0.05) is 63.3 Å². The zero-order valence-electron chi connectivity index (χ0n) is 10.0. The van der Waals surface area contributed by atoms with Crippen molar-refractivity contribution in [2.45, 2.75) is 63.3 Å². The first-order chi connectivity index (χ1) is 6.17. The maximum atomic E-state index is 2.52.